The van der Waals surface area contributed by atoms with Gasteiger partial charge in [-0.3, -0.25) is 9.69 Å². The quantitative estimate of drug-likeness (QED) is 0.859. The normalized spacial score (nSPS) is 20.4. The molecule has 0 aliphatic carbocycles. The first-order chi connectivity index (χ1) is 11.2. The molecule has 2 aliphatic rings. The first-order valence-corrected chi connectivity index (χ1v) is 8.74. The molecule has 3 rings (SSSR count). The van der Waals surface area contributed by atoms with Crippen LogP contribution in [0.2, 0.25) is 0 Å². The average Bonchev–Trinajstić information content (AvgIpc) is 2.95. The highest BCUT2D eigenvalue weighted by Gasteiger charge is 2.29. The van der Waals surface area contributed by atoms with Crippen LogP contribution in [0, 0.1) is 17.2 Å². The molecule has 0 N–H and O–H groups in total. The van der Waals surface area contributed by atoms with Gasteiger partial charge in [0.2, 0.25) is 5.91 Å². The molecule has 0 aromatic carbocycles. The van der Waals surface area contributed by atoms with E-state index in [1.54, 1.807) is 0 Å². The highest BCUT2D eigenvalue weighted by Crippen LogP contribution is 2.23. The number of carbonyl (C=O) groups is 1. The van der Waals surface area contributed by atoms with Crippen LogP contribution in [0.15, 0.2) is 12.3 Å². The van der Waals surface area contributed by atoms with Crippen molar-refractivity contribution in [2.45, 2.75) is 38.6 Å². The Morgan fingerprint density at radius 2 is 1.91 bits per heavy atom. The number of piperidine rings is 2. The van der Waals surface area contributed by atoms with Crippen LogP contribution in [0.4, 0.5) is 0 Å². The average molecular weight is 314 g/mol. The summed E-state index contributed by atoms with van der Waals surface area (Å²) < 4.78 is 1.88. The lowest BCUT2D eigenvalue weighted by Crippen LogP contribution is -2.44. The summed E-state index contributed by atoms with van der Waals surface area (Å²) in [5, 5.41) is 9.03. The van der Waals surface area contributed by atoms with Gasteiger partial charge in [-0.05, 0) is 56.8 Å². The Kier molecular flexibility index (Phi) is 5.02. The Bertz CT molecular complexity index is 587. The maximum atomic E-state index is 12.6. The lowest BCUT2D eigenvalue weighted by Gasteiger charge is -2.35. The molecule has 1 amide bonds. The number of carbonyl (C=O) groups excluding carboxylic acids is 1. The minimum atomic E-state index is 0.217. The van der Waals surface area contributed by atoms with Crippen LogP contribution in [0.1, 0.15) is 43.4 Å². The van der Waals surface area contributed by atoms with Gasteiger partial charge in [-0.15, -0.1) is 0 Å². The number of nitrogens with zero attached hydrogens (tertiary/aromatic N) is 4. The first-order valence-electron chi connectivity index (χ1n) is 8.74. The maximum Gasteiger partial charge on any atom is 0.225 e. The fourth-order valence-electron chi connectivity index (χ4n) is 3.80. The lowest BCUT2D eigenvalue weighted by atomic mass is 9.94. The number of aromatic nitrogens is 1. The molecular formula is C18H26N4O. The van der Waals surface area contributed by atoms with Crippen LogP contribution in [-0.4, -0.2) is 46.5 Å². The summed E-state index contributed by atoms with van der Waals surface area (Å²) in [4.78, 5) is 17.1. The van der Waals surface area contributed by atoms with Crippen molar-refractivity contribution in [3.05, 3.63) is 23.5 Å². The van der Waals surface area contributed by atoms with Gasteiger partial charge >= 0.3 is 0 Å². The van der Waals surface area contributed by atoms with E-state index in [0.29, 0.717) is 11.6 Å². The zero-order valence-electron chi connectivity index (χ0n) is 14.0. The van der Waals surface area contributed by atoms with Gasteiger partial charge in [0.1, 0.15) is 11.8 Å². The fourth-order valence-corrected chi connectivity index (χ4v) is 3.80. The number of likely N-dealkylation sites (tertiary alicyclic amines) is 2. The van der Waals surface area contributed by atoms with Gasteiger partial charge in [0, 0.05) is 38.8 Å². The molecule has 2 fully saturated rings. The van der Waals surface area contributed by atoms with E-state index < -0.39 is 0 Å². The number of hydrogen-bond donors (Lipinski definition) is 0. The zero-order chi connectivity index (χ0) is 16.2. The van der Waals surface area contributed by atoms with Crippen molar-refractivity contribution in [1.29, 1.82) is 5.26 Å². The van der Waals surface area contributed by atoms with Crippen molar-refractivity contribution in [2.75, 3.05) is 26.2 Å². The Balaban J connectivity index is 1.50. The van der Waals surface area contributed by atoms with Crippen LogP contribution < -0.4 is 0 Å². The molecule has 1 aromatic heterocycles. The Morgan fingerprint density at radius 1 is 1.22 bits per heavy atom. The van der Waals surface area contributed by atoms with Crippen molar-refractivity contribution >= 4 is 5.91 Å². The van der Waals surface area contributed by atoms with Crippen molar-refractivity contribution in [3.8, 4) is 6.07 Å². The van der Waals surface area contributed by atoms with Crippen LogP contribution in [0.5, 0.6) is 0 Å². The second-order valence-corrected chi connectivity index (χ2v) is 6.89. The van der Waals surface area contributed by atoms with E-state index in [1.807, 2.05) is 23.9 Å². The molecule has 0 unspecified atom stereocenters. The number of hydrogen-bond acceptors (Lipinski definition) is 3. The third-order valence-corrected chi connectivity index (χ3v) is 5.19. The zero-order valence-corrected chi connectivity index (χ0v) is 14.0. The summed E-state index contributed by atoms with van der Waals surface area (Å²) in [7, 11) is 1.91. The van der Waals surface area contributed by atoms with E-state index in [-0.39, 0.29) is 5.92 Å². The third-order valence-electron chi connectivity index (χ3n) is 5.19. The number of nitriles is 1. The molecular weight excluding hydrogens is 288 g/mol. The van der Waals surface area contributed by atoms with E-state index in [1.165, 1.54) is 24.8 Å². The van der Waals surface area contributed by atoms with E-state index in [4.69, 9.17) is 5.26 Å². The minimum Gasteiger partial charge on any atom is -0.342 e. The molecule has 2 saturated heterocycles. The standard InChI is InChI=1S/C18H26N4O/c1-20-13-15(11-17(20)12-19)14-21-9-5-16(6-10-21)18(23)22-7-3-2-4-8-22/h11,13,16H,2-10,14H2,1H3. The molecule has 3 heterocycles. The van der Waals surface area contributed by atoms with Crippen LogP contribution >= 0.6 is 0 Å². The van der Waals surface area contributed by atoms with Gasteiger partial charge < -0.3 is 9.47 Å². The van der Waals surface area contributed by atoms with Crippen molar-refractivity contribution in [3.63, 3.8) is 0 Å². The molecule has 5 heteroatoms. The molecule has 0 radical (unpaired) electrons. The number of aryl methyl sites for hydroxylation is 1. The molecule has 2 aliphatic heterocycles. The summed E-state index contributed by atoms with van der Waals surface area (Å²) >= 11 is 0. The van der Waals surface area contributed by atoms with Gasteiger partial charge in [-0.2, -0.15) is 5.26 Å². The van der Waals surface area contributed by atoms with E-state index in [2.05, 4.69) is 15.9 Å². The fraction of sp³-hybridized carbons (Fsp3) is 0.667. The molecule has 0 spiro atoms. The Hall–Kier alpha value is -1.80. The van der Waals surface area contributed by atoms with Crippen molar-refractivity contribution in [2.24, 2.45) is 13.0 Å². The van der Waals surface area contributed by atoms with Gasteiger partial charge in [0.25, 0.3) is 0 Å². The van der Waals surface area contributed by atoms with Gasteiger partial charge in [-0.1, -0.05) is 0 Å². The largest absolute Gasteiger partial charge is 0.342 e. The summed E-state index contributed by atoms with van der Waals surface area (Å²) in [6.45, 7) is 4.74. The van der Waals surface area contributed by atoms with Crippen molar-refractivity contribution in [1.82, 2.24) is 14.4 Å². The lowest BCUT2D eigenvalue weighted by molar-refractivity contribution is -0.138. The third kappa shape index (κ3) is 3.76. The molecule has 1 aromatic rings. The minimum absolute atomic E-state index is 0.217. The van der Waals surface area contributed by atoms with Crippen LogP contribution in [-0.2, 0) is 18.4 Å². The summed E-state index contributed by atoms with van der Waals surface area (Å²) in [5.41, 5.74) is 1.89. The highest BCUT2D eigenvalue weighted by atomic mass is 16.2. The molecule has 0 atom stereocenters. The Labute approximate surface area is 138 Å². The van der Waals surface area contributed by atoms with Crippen LogP contribution in [0.25, 0.3) is 0 Å². The predicted molar refractivity (Wildman–Crippen MR) is 88.6 cm³/mol. The monoisotopic (exact) mass is 314 g/mol. The van der Waals surface area contributed by atoms with E-state index >= 15 is 0 Å². The first kappa shape index (κ1) is 16.1. The van der Waals surface area contributed by atoms with Gasteiger partial charge in [0.05, 0.1) is 0 Å². The predicted octanol–water partition coefficient (Wildman–Crippen LogP) is 2.12. The van der Waals surface area contributed by atoms with Gasteiger partial charge in [0.15, 0.2) is 0 Å². The second kappa shape index (κ2) is 7.18. The summed E-state index contributed by atoms with van der Waals surface area (Å²) in [6.07, 6.45) is 7.56. The van der Waals surface area contributed by atoms with Gasteiger partial charge in [-0.25, -0.2) is 0 Å². The number of rotatable bonds is 3. The number of amides is 1. The highest BCUT2D eigenvalue weighted by molar-refractivity contribution is 5.79. The maximum absolute atomic E-state index is 12.6. The molecule has 23 heavy (non-hydrogen) atoms. The van der Waals surface area contributed by atoms with Crippen molar-refractivity contribution < 1.29 is 4.79 Å². The Morgan fingerprint density at radius 3 is 2.52 bits per heavy atom. The smallest absolute Gasteiger partial charge is 0.225 e. The second-order valence-electron chi connectivity index (χ2n) is 6.89. The molecule has 0 saturated carbocycles. The molecule has 124 valence electrons. The van der Waals surface area contributed by atoms with E-state index in [9.17, 15) is 4.79 Å². The summed E-state index contributed by atoms with van der Waals surface area (Å²) in [6, 6.07) is 4.17. The summed E-state index contributed by atoms with van der Waals surface area (Å²) in [5.74, 6) is 0.602. The molecule has 0 bridgehead atoms. The van der Waals surface area contributed by atoms with E-state index in [0.717, 1.165) is 45.6 Å². The van der Waals surface area contributed by atoms with Crippen LogP contribution in [0.3, 0.4) is 0 Å². The topological polar surface area (TPSA) is 52.3 Å². The SMILES string of the molecule is Cn1cc(CN2CCC(C(=O)N3CCCCC3)CC2)cc1C#N. The molecule has 5 nitrogen and oxygen atoms in total.